The molecule has 0 bridgehead atoms. The van der Waals surface area contributed by atoms with Crippen molar-refractivity contribution in [2.24, 2.45) is 0 Å². The molecule has 2 aromatic carbocycles. The third-order valence-corrected chi connectivity index (χ3v) is 4.62. The number of hydrogen-bond donors (Lipinski definition) is 2. The van der Waals surface area contributed by atoms with Gasteiger partial charge in [0.25, 0.3) is 0 Å². The Morgan fingerprint density at radius 2 is 1.57 bits per heavy atom. The van der Waals surface area contributed by atoms with Crippen molar-refractivity contribution >= 4 is 28.8 Å². The maximum Gasteiger partial charge on any atom is 0.249 e. The topological polar surface area (TPSA) is 66.0 Å². The number of rotatable bonds is 5. The maximum atomic E-state index is 13.8. The average molecular weight is 382 g/mol. The monoisotopic (exact) mass is 382 g/mol. The van der Waals surface area contributed by atoms with Gasteiger partial charge in [0.05, 0.1) is 6.20 Å². The molecule has 144 valence electrons. The molecule has 0 saturated carbocycles. The Labute approximate surface area is 161 Å². The third-order valence-electron chi connectivity index (χ3n) is 4.62. The molecule has 1 saturated heterocycles. The van der Waals surface area contributed by atoms with Gasteiger partial charge in [0.15, 0.2) is 5.82 Å². The van der Waals surface area contributed by atoms with Crippen molar-refractivity contribution in [2.45, 2.75) is 19.3 Å². The highest BCUT2D eigenvalue weighted by Crippen LogP contribution is 2.24. The van der Waals surface area contributed by atoms with Gasteiger partial charge in [-0.25, -0.2) is 8.78 Å². The molecule has 4 rings (SSSR count). The molecule has 2 heterocycles. The van der Waals surface area contributed by atoms with Crippen molar-refractivity contribution < 1.29 is 8.78 Å². The summed E-state index contributed by atoms with van der Waals surface area (Å²) >= 11 is 0. The molecule has 0 atom stereocenters. The SMILES string of the molecule is Fc1cccc(F)c1Nc1nncc(Nc2ccc(N3CCCCC3)cc2)n1. The Hall–Kier alpha value is -3.29. The highest BCUT2D eigenvalue weighted by atomic mass is 19.1. The standard InChI is InChI=1S/C20H20F2N6/c21-16-5-4-6-17(22)19(16)26-20-25-18(13-23-27-20)24-14-7-9-15(10-8-14)28-11-2-1-3-12-28/h4-10,13H,1-3,11-12H2,(H2,24,25,26,27). The lowest BCUT2D eigenvalue weighted by Crippen LogP contribution is -2.29. The average Bonchev–Trinajstić information content (AvgIpc) is 2.72. The van der Waals surface area contributed by atoms with Crippen molar-refractivity contribution in [2.75, 3.05) is 28.6 Å². The van der Waals surface area contributed by atoms with Crippen LogP contribution in [0.5, 0.6) is 0 Å². The molecule has 0 radical (unpaired) electrons. The zero-order valence-corrected chi connectivity index (χ0v) is 15.2. The molecule has 2 N–H and O–H groups in total. The number of benzene rings is 2. The molecule has 1 fully saturated rings. The maximum absolute atomic E-state index is 13.8. The van der Waals surface area contributed by atoms with Crippen molar-refractivity contribution in [1.82, 2.24) is 15.2 Å². The van der Waals surface area contributed by atoms with Gasteiger partial charge in [0.2, 0.25) is 5.95 Å². The van der Waals surface area contributed by atoms with Crippen LogP contribution >= 0.6 is 0 Å². The van der Waals surface area contributed by atoms with E-state index in [-0.39, 0.29) is 11.6 Å². The molecule has 0 unspecified atom stereocenters. The number of piperidine rings is 1. The normalized spacial score (nSPS) is 14.0. The summed E-state index contributed by atoms with van der Waals surface area (Å²) in [6.07, 6.45) is 5.20. The zero-order valence-electron chi connectivity index (χ0n) is 15.2. The van der Waals surface area contributed by atoms with Crippen molar-refractivity contribution in [3.8, 4) is 0 Å². The molecular weight excluding hydrogens is 362 g/mol. The number of hydrogen-bond acceptors (Lipinski definition) is 6. The minimum absolute atomic E-state index is 0.000984. The van der Waals surface area contributed by atoms with E-state index in [1.54, 1.807) is 0 Å². The molecule has 1 aromatic heterocycles. The molecular formula is C20H20F2N6. The van der Waals surface area contributed by atoms with Gasteiger partial charge < -0.3 is 15.5 Å². The van der Waals surface area contributed by atoms with Gasteiger partial charge in [0.1, 0.15) is 17.3 Å². The summed E-state index contributed by atoms with van der Waals surface area (Å²) in [7, 11) is 0. The van der Waals surface area contributed by atoms with Crippen molar-refractivity contribution in [1.29, 1.82) is 0 Å². The van der Waals surface area contributed by atoms with Crippen LogP contribution in [0.4, 0.5) is 37.6 Å². The van der Waals surface area contributed by atoms with E-state index in [0.717, 1.165) is 30.9 Å². The summed E-state index contributed by atoms with van der Waals surface area (Å²) in [5.41, 5.74) is 1.72. The summed E-state index contributed by atoms with van der Waals surface area (Å²) in [6.45, 7) is 2.18. The number of nitrogens with zero attached hydrogens (tertiary/aromatic N) is 4. The second-order valence-electron chi connectivity index (χ2n) is 6.61. The summed E-state index contributed by atoms with van der Waals surface area (Å²) in [5.74, 6) is -1.04. The van der Waals surface area contributed by atoms with E-state index in [2.05, 4.69) is 42.8 Å². The molecule has 0 aliphatic carbocycles. The largest absolute Gasteiger partial charge is 0.372 e. The molecule has 1 aliphatic rings. The van der Waals surface area contributed by atoms with E-state index in [0.29, 0.717) is 5.82 Å². The number of para-hydroxylation sites is 1. The van der Waals surface area contributed by atoms with Crippen LogP contribution < -0.4 is 15.5 Å². The number of aromatic nitrogens is 3. The minimum atomic E-state index is -0.727. The Kier molecular flexibility index (Phi) is 5.27. The Balaban J connectivity index is 1.46. The predicted octanol–water partition coefficient (Wildman–Crippen LogP) is 4.63. The van der Waals surface area contributed by atoms with E-state index in [4.69, 9.17) is 0 Å². The van der Waals surface area contributed by atoms with Crippen LogP contribution in [0, 0.1) is 11.6 Å². The second-order valence-corrected chi connectivity index (χ2v) is 6.61. The van der Waals surface area contributed by atoms with Gasteiger partial charge >= 0.3 is 0 Å². The van der Waals surface area contributed by atoms with E-state index in [9.17, 15) is 8.78 Å². The lowest BCUT2D eigenvalue weighted by Gasteiger charge is -2.28. The highest BCUT2D eigenvalue weighted by Gasteiger charge is 2.12. The van der Waals surface area contributed by atoms with Crippen LogP contribution in [0.15, 0.2) is 48.7 Å². The third kappa shape index (κ3) is 4.16. The molecule has 28 heavy (non-hydrogen) atoms. The van der Waals surface area contributed by atoms with Gasteiger partial charge in [-0.2, -0.15) is 10.1 Å². The summed E-state index contributed by atoms with van der Waals surface area (Å²) in [5, 5.41) is 13.3. The lowest BCUT2D eigenvalue weighted by molar-refractivity contribution is 0.578. The van der Waals surface area contributed by atoms with Crippen LogP contribution in [0.2, 0.25) is 0 Å². The van der Waals surface area contributed by atoms with Gasteiger partial charge in [0, 0.05) is 24.5 Å². The number of anilines is 5. The van der Waals surface area contributed by atoms with Crippen molar-refractivity contribution in [3.05, 3.63) is 60.3 Å². The second kappa shape index (κ2) is 8.16. The minimum Gasteiger partial charge on any atom is -0.372 e. The highest BCUT2D eigenvalue weighted by molar-refractivity contribution is 5.62. The van der Waals surface area contributed by atoms with Crippen LogP contribution in [0.1, 0.15) is 19.3 Å². The van der Waals surface area contributed by atoms with E-state index < -0.39 is 11.6 Å². The smallest absolute Gasteiger partial charge is 0.249 e. The first-order valence-electron chi connectivity index (χ1n) is 9.22. The van der Waals surface area contributed by atoms with Crippen LogP contribution in [0.3, 0.4) is 0 Å². The van der Waals surface area contributed by atoms with Crippen LogP contribution in [-0.4, -0.2) is 28.3 Å². The fourth-order valence-electron chi connectivity index (χ4n) is 3.20. The van der Waals surface area contributed by atoms with Gasteiger partial charge in [-0.1, -0.05) is 6.07 Å². The molecule has 0 spiro atoms. The summed E-state index contributed by atoms with van der Waals surface area (Å²) in [6, 6.07) is 11.7. The van der Waals surface area contributed by atoms with E-state index in [1.807, 2.05) is 12.1 Å². The lowest BCUT2D eigenvalue weighted by atomic mass is 10.1. The quantitative estimate of drug-likeness (QED) is 0.671. The van der Waals surface area contributed by atoms with Crippen LogP contribution in [-0.2, 0) is 0 Å². The zero-order chi connectivity index (χ0) is 19.3. The fraction of sp³-hybridized carbons (Fsp3) is 0.250. The Bertz CT molecular complexity index is 921. The van der Waals surface area contributed by atoms with Gasteiger partial charge in [-0.05, 0) is 55.7 Å². The van der Waals surface area contributed by atoms with Crippen LogP contribution in [0.25, 0.3) is 0 Å². The van der Waals surface area contributed by atoms with Crippen molar-refractivity contribution in [3.63, 3.8) is 0 Å². The van der Waals surface area contributed by atoms with E-state index in [1.165, 1.54) is 37.2 Å². The molecule has 3 aromatic rings. The Morgan fingerprint density at radius 3 is 2.29 bits per heavy atom. The molecule has 0 amide bonds. The van der Waals surface area contributed by atoms with Gasteiger partial charge in [-0.3, -0.25) is 0 Å². The molecule has 8 heteroatoms. The first-order valence-corrected chi connectivity index (χ1v) is 9.22. The predicted molar refractivity (Wildman–Crippen MR) is 105 cm³/mol. The number of nitrogens with one attached hydrogen (secondary N) is 2. The van der Waals surface area contributed by atoms with Gasteiger partial charge in [-0.15, -0.1) is 5.10 Å². The summed E-state index contributed by atoms with van der Waals surface area (Å²) < 4.78 is 27.6. The van der Waals surface area contributed by atoms with E-state index >= 15 is 0 Å². The first-order chi connectivity index (χ1) is 13.7. The first kappa shape index (κ1) is 18.1. The summed E-state index contributed by atoms with van der Waals surface area (Å²) in [4.78, 5) is 6.60. The molecule has 6 nitrogen and oxygen atoms in total. The number of halogens is 2. The molecule has 1 aliphatic heterocycles. The Morgan fingerprint density at radius 1 is 0.857 bits per heavy atom. The fourth-order valence-corrected chi connectivity index (χ4v) is 3.20.